The highest BCUT2D eigenvalue weighted by molar-refractivity contribution is 7.25. The highest BCUT2D eigenvalue weighted by Crippen LogP contribution is 2.51. The second kappa shape index (κ2) is 15.9. The van der Waals surface area contributed by atoms with Crippen molar-refractivity contribution in [2.45, 2.75) is 18.8 Å². The minimum Gasteiger partial charge on any atom is -0.456 e. The van der Waals surface area contributed by atoms with Crippen molar-refractivity contribution in [1.29, 1.82) is 0 Å². The van der Waals surface area contributed by atoms with Gasteiger partial charge >= 0.3 is 0 Å². The Morgan fingerprint density at radius 3 is 1.80 bits per heavy atom. The molecule has 71 heavy (non-hydrogen) atoms. The monoisotopic (exact) mass is 923 g/mol. The maximum absolute atomic E-state index is 6.97. The van der Waals surface area contributed by atoms with Crippen LogP contribution in [-0.2, 0) is 6.42 Å². The van der Waals surface area contributed by atoms with E-state index in [1.54, 1.807) is 11.3 Å². The number of thiophene rings is 1. The molecular weight excluding hydrogens is 883 g/mol. The first-order valence-electron chi connectivity index (χ1n) is 24.4. The van der Waals surface area contributed by atoms with Gasteiger partial charge in [-0.15, -0.1) is 11.3 Å². The smallest absolute Gasteiger partial charge is 0.164 e. The molecule has 1 aliphatic rings. The molecule has 5 heteroatoms. The van der Waals surface area contributed by atoms with Crippen molar-refractivity contribution in [3.05, 3.63) is 235 Å². The number of benzene rings is 11. The predicted molar refractivity (Wildman–Crippen MR) is 296 cm³/mol. The van der Waals surface area contributed by atoms with Crippen LogP contribution in [-0.4, -0.2) is 15.0 Å². The Hall–Kier alpha value is -8.77. The molecule has 0 radical (unpaired) electrons. The van der Waals surface area contributed by atoms with Crippen molar-refractivity contribution < 1.29 is 4.42 Å². The molecule has 4 nitrogen and oxygen atoms in total. The molecule has 3 heterocycles. The number of rotatable bonds is 5. The minimum absolute atomic E-state index is 0.0735. The SMILES string of the molecule is c1ccc(-c2ccc(-c3nc(-c4ccc5oc6cc7ccccc7cc6c5c4C4CCc5cc6ccccc6cc5-c5ccc6ccccc6c54)nc(-c4cccc5sc6ccccc6c45)n3)cc2)cc1. The number of hydrogen-bond acceptors (Lipinski definition) is 5. The Balaban J connectivity index is 1.04. The summed E-state index contributed by atoms with van der Waals surface area (Å²) >= 11 is 1.81. The van der Waals surface area contributed by atoms with Gasteiger partial charge in [0.2, 0.25) is 0 Å². The fraction of sp³-hybridized carbons (Fsp3) is 0.0455. The summed E-state index contributed by atoms with van der Waals surface area (Å²) in [7, 11) is 0. The van der Waals surface area contributed by atoms with Gasteiger partial charge in [-0.3, -0.25) is 0 Å². The van der Waals surface area contributed by atoms with E-state index in [1.165, 1.54) is 69.5 Å². The maximum Gasteiger partial charge on any atom is 0.164 e. The van der Waals surface area contributed by atoms with Crippen LogP contribution in [0.15, 0.2) is 223 Å². The molecule has 1 unspecified atom stereocenters. The van der Waals surface area contributed by atoms with Gasteiger partial charge in [0.25, 0.3) is 0 Å². The first kappa shape index (κ1) is 40.1. The summed E-state index contributed by atoms with van der Waals surface area (Å²) in [5, 5.41) is 11.9. The Kier molecular flexibility index (Phi) is 8.99. The highest BCUT2D eigenvalue weighted by Gasteiger charge is 2.32. The predicted octanol–water partition coefficient (Wildman–Crippen LogP) is 18.0. The zero-order valence-corrected chi connectivity index (χ0v) is 39.3. The number of nitrogens with zero attached hydrogens (tertiary/aromatic N) is 3. The van der Waals surface area contributed by atoms with Crippen LogP contribution in [0.4, 0.5) is 0 Å². The number of aromatic nitrogens is 3. The summed E-state index contributed by atoms with van der Waals surface area (Å²) in [6, 6.07) is 79.1. The third-order valence-corrected chi connectivity index (χ3v) is 16.1. The van der Waals surface area contributed by atoms with Crippen molar-refractivity contribution in [2.75, 3.05) is 0 Å². The van der Waals surface area contributed by atoms with Gasteiger partial charge in [-0.05, 0) is 127 Å². The van der Waals surface area contributed by atoms with Crippen molar-refractivity contribution in [1.82, 2.24) is 15.0 Å². The highest BCUT2D eigenvalue weighted by atomic mass is 32.1. The molecule has 11 aromatic carbocycles. The molecule has 0 amide bonds. The van der Waals surface area contributed by atoms with Crippen LogP contribution in [0.3, 0.4) is 0 Å². The summed E-state index contributed by atoms with van der Waals surface area (Å²) in [6.45, 7) is 0. The topological polar surface area (TPSA) is 51.8 Å². The number of aryl methyl sites for hydroxylation is 1. The fourth-order valence-electron chi connectivity index (χ4n) is 11.7. The molecule has 0 N–H and O–H groups in total. The van der Waals surface area contributed by atoms with E-state index >= 15 is 0 Å². The van der Waals surface area contributed by atoms with Crippen molar-refractivity contribution >= 4 is 85.8 Å². The lowest BCUT2D eigenvalue weighted by Gasteiger charge is -2.24. The van der Waals surface area contributed by atoms with E-state index in [9.17, 15) is 0 Å². The second-order valence-electron chi connectivity index (χ2n) is 18.9. The van der Waals surface area contributed by atoms with E-state index in [0.29, 0.717) is 17.5 Å². The molecular formula is C66H41N3OS. The molecule has 0 spiro atoms. The Morgan fingerprint density at radius 2 is 0.986 bits per heavy atom. The molecule has 1 aliphatic carbocycles. The van der Waals surface area contributed by atoms with Gasteiger partial charge in [0, 0.05) is 53.6 Å². The van der Waals surface area contributed by atoms with Crippen LogP contribution in [0.1, 0.15) is 29.0 Å². The summed E-state index contributed by atoms with van der Waals surface area (Å²) < 4.78 is 9.40. The quantitative estimate of drug-likeness (QED) is 0.173. The molecule has 15 rings (SSSR count). The van der Waals surface area contributed by atoms with Crippen LogP contribution >= 0.6 is 11.3 Å². The molecule has 1 atom stereocenters. The van der Waals surface area contributed by atoms with E-state index in [4.69, 9.17) is 19.4 Å². The van der Waals surface area contributed by atoms with E-state index in [-0.39, 0.29) is 5.92 Å². The van der Waals surface area contributed by atoms with Crippen molar-refractivity contribution in [3.63, 3.8) is 0 Å². The summed E-state index contributed by atoms with van der Waals surface area (Å²) in [4.78, 5) is 16.7. The normalized spacial score (nSPS) is 13.7. The van der Waals surface area contributed by atoms with Crippen molar-refractivity contribution in [2.24, 2.45) is 0 Å². The number of fused-ring (bicyclic) bond motifs is 13. The third-order valence-electron chi connectivity index (χ3n) is 14.9. The van der Waals surface area contributed by atoms with Gasteiger partial charge in [-0.1, -0.05) is 176 Å². The van der Waals surface area contributed by atoms with Crippen LogP contribution in [0.2, 0.25) is 0 Å². The van der Waals surface area contributed by atoms with E-state index in [0.717, 1.165) is 73.4 Å². The maximum atomic E-state index is 6.97. The molecule has 3 aromatic heterocycles. The zero-order valence-electron chi connectivity index (χ0n) is 38.4. The molecule has 0 bridgehead atoms. The summed E-state index contributed by atoms with van der Waals surface area (Å²) in [5.41, 5.74) is 13.3. The minimum atomic E-state index is -0.0735. The first-order chi connectivity index (χ1) is 35.2. The van der Waals surface area contributed by atoms with Crippen molar-refractivity contribution in [3.8, 4) is 56.4 Å². The standard InChI is InChI=1S/C66H41N3OS/c1-2-13-39(14-3-1)40-25-27-42(28-26-40)64-67-65(52-22-12-24-59-61(52)50-21-10-11-23-58(50)71-59)69-66(68-64)53-33-34-56-63(55-37-45-18-6-7-19-46(45)38-57(55)70-56)62(53)51-32-30-47-35-43-16-4-5-17-44(43)36-54(47)49-31-29-41-15-8-9-20-48(41)60(49)51/h1-29,31,33-38,51H,30,32H2. The van der Waals surface area contributed by atoms with E-state index in [2.05, 4.69) is 218 Å². The van der Waals surface area contributed by atoms with Gasteiger partial charge in [0.05, 0.1) is 0 Å². The lowest BCUT2D eigenvalue weighted by Crippen LogP contribution is -2.08. The molecule has 14 aromatic rings. The fourth-order valence-corrected chi connectivity index (χ4v) is 12.8. The number of hydrogen-bond donors (Lipinski definition) is 0. The van der Waals surface area contributed by atoms with Crippen LogP contribution in [0, 0.1) is 0 Å². The van der Waals surface area contributed by atoms with Crippen LogP contribution < -0.4 is 0 Å². The van der Waals surface area contributed by atoms with Gasteiger partial charge in [0.15, 0.2) is 17.5 Å². The van der Waals surface area contributed by atoms with Gasteiger partial charge in [-0.25, -0.2) is 15.0 Å². The largest absolute Gasteiger partial charge is 0.456 e. The first-order valence-corrected chi connectivity index (χ1v) is 25.2. The molecule has 0 fully saturated rings. The second-order valence-corrected chi connectivity index (χ2v) is 20.0. The van der Waals surface area contributed by atoms with E-state index < -0.39 is 0 Å². The lowest BCUT2D eigenvalue weighted by molar-refractivity contribution is 0.668. The van der Waals surface area contributed by atoms with Gasteiger partial charge in [-0.2, -0.15) is 0 Å². The van der Waals surface area contributed by atoms with Gasteiger partial charge < -0.3 is 4.42 Å². The molecule has 0 aliphatic heterocycles. The average Bonchev–Trinajstić information content (AvgIpc) is 3.95. The zero-order chi connectivity index (χ0) is 46.6. The number of furan rings is 1. The average molecular weight is 924 g/mol. The summed E-state index contributed by atoms with van der Waals surface area (Å²) in [5.74, 6) is 1.83. The Bertz CT molecular complexity index is 4470. The Labute approximate surface area is 413 Å². The molecule has 0 saturated heterocycles. The third kappa shape index (κ3) is 6.47. The van der Waals surface area contributed by atoms with Crippen LogP contribution in [0.5, 0.6) is 0 Å². The lowest BCUT2D eigenvalue weighted by atomic mass is 9.79. The summed E-state index contributed by atoms with van der Waals surface area (Å²) in [6.07, 6.45) is 1.75. The Morgan fingerprint density at radius 1 is 0.366 bits per heavy atom. The molecule has 332 valence electrons. The molecule has 0 saturated carbocycles. The van der Waals surface area contributed by atoms with Crippen LogP contribution in [0.25, 0.3) is 131 Å². The van der Waals surface area contributed by atoms with Gasteiger partial charge in [0.1, 0.15) is 11.2 Å². The van der Waals surface area contributed by atoms with E-state index in [1.807, 2.05) is 0 Å².